The molecule has 0 aromatic carbocycles. The first kappa shape index (κ1) is 13.6. The van der Waals surface area contributed by atoms with Crippen molar-refractivity contribution in [1.82, 2.24) is 14.8 Å². The average Bonchev–Trinajstić information content (AvgIpc) is 2.79. The van der Waals surface area contributed by atoms with E-state index in [-0.39, 0.29) is 12.2 Å². The van der Waals surface area contributed by atoms with E-state index in [1.165, 1.54) is 17.1 Å². The standard InChI is InChI=1S/C11H9F2N5O2/c12-9-7(1-2-15-10(9)13)11(20)17-6-3-16-18(4-6)5-8(14)19/h1-4H,5H2,(H2,14,19)(H,17,20). The molecule has 0 bridgehead atoms. The summed E-state index contributed by atoms with van der Waals surface area (Å²) in [6.45, 7) is -0.159. The molecule has 0 aliphatic heterocycles. The minimum absolute atomic E-state index is 0.159. The minimum Gasteiger partial charge on any atom is -0.368 e. The maximum absolute atomic E-state index is 13.4. The van der Waals surface area contributed by atoms with Gasteiger partial charge in [0.05, 0.1) is 17.4 Å². The number of anilines is 1. The summed E-state index contributed by atoms with van der Waals surface area (Å²) in [5, 5.41) is 6.08. The SMILES string of the molecule is NC(=O)Cn1cc(NC(=O)c2ccnc(F)c2F)cn1. The Morgan fingerprint density at radius 1 is 1.40 bits per heavy atom. The number of hydrogen-bond donors (Lipinski definition) is 2. The van der Waals surface area contributed by atoms with Crippen molar-refractivity contribution in [3.63, 3.8) is 0 Å². The summed E-state index contributed by atoms with van der Waals surface area (Å²) in [6, 6.07) is 1.04. The Kier molecular flexibility index (Phi) is 3.69. The molecule has 9 heteroatoms. The molecule has 0 atom stereocenters. The number of amides is 2. The van der Waals surface area contributed by atoms with E-state index >= 15 is 0 Å². The van der Waals surface area contributed by atoms with E-state index in [4.69, 9.17) is 5.73 Å². The van der Waals surface area contributed by atoms with Crippen LogP contribution in [0.3, 0.4) is 0 Å². The van der Waals surface area contributed by atoms with Crippen LogP contribution in [-0.4, -0.2) is 26.6 Å². The van der Waals surface area contributed by atoms with Crippen LogP contribution < -0.4 is 11.1 Å². The zero-order valence-electron chi connectivity index (χ0n) is 10.0. The lowest BCUT2D eigenvalue weighted by atomic mass is 10.2. The molecule has 104 valence electrons. The second-order valence-electron chi connectivity index (χ2n) is 3.81. The Morgan fingerprint density at radius 3 is 2.85 bits per heavy atom. The number of nitrogens with two attached hydrogens (primary N) is 1. The van der Waals surface area contributed by atoms with E-state index in [1.54, 1.807) is 0 Å². The monoisotopic (exact) mass is 281 g/mol. The van der Waals surface area contributed by atoms with Crippen LogP contribution in [0, 0.1) is 11.8 Å². The van der Waals surface area contributed by atoms with Gasteiger partial charge in [-0.3, -0.25) is 14.3 Å². The van der Waals surface area contributed by atoms with Crippen LogP contribution in [0.2, 0.25) is 0 Å². The Balaban J connectivity index is 2.13. The molecule has 0 aliphatic rings. The van der Waals surface area contributed by atoms with Gasteiger partial charge in [0.2, 0.25) is 11.9 Å². The lowest BCUT2D eigenvalue weighted by Crippen LogP contribution is -2.19. The highest BCUT2D eigenvalue weighted by Gasteiger charge is 2.16. The number of hydrogen-bond acceptors (Lipinski definition) is 4. The highest BCUT2D eigenvalue weighted by molar-refractivity contribution is 6.04. The van der Waals surface area contributed by atoms with Gasteiger partial charge in [-0.2, -0.15) is 9.49 Å². The van der Waals surface area contributed by atoms with Gasteiger partial charge < -0.3 is 11.1 Å². The highest BCUT2D eigenvalue weighted by Crippen LogP contribution is 2.12. The fourth-order valence-corrected chi connectivity index (χ4v) is 1.47. The van der Waals surface area contributed by atoms with Crippen LogP contribution in [0.25, 0.3) is 0 Å². The van der Waals surface area contributed by atoms with Gasteiger partial charge in [-0.1, -0.05) is 0 Å². The molecule has 0 saturated carbocycles. The Bertz CT molecular complexity index is 671. The lowest BCUT2D eigenvalue weighted by Gasteiger charge is -2.03. The van der Waals surface area contributed by atoms with Crippen LogP contribution in [-0.2, 0) is 11.3 Å². The summed E-state index contributed by atoms with van der Waals surface area (Å²) in [5.41, 5.74) is 4.71. The number of rotatable bonds is 4. The second-order valence-corrected chi connectivity index (χ2v) is 3.81. The van der Waals surface area contributed by atoms with Gasteiger partial charge in [-0.05, 0) is 6.07 Å². The summed E-state index contributed by atoms with van der Waals surface area (Å²) >= 11 is 0. The predicted molar refractivity (Wildman–Crippen MR) is 63.5 cm³/mol. The third-order valence-corrected chi connectivity index (χ3v) is 2.30. The van der Waals surface area contributed by atoms with Crippen LogP contribution >= 0.6 is 0 Å². The van der Waals surface area contributed by atoms with E-state index in [0.717, 1.165) is 12.3 Å². The van der Waals surface area contributed by atoms with Crippen molar-refractivity contribution in [2.45, 2.75) is 6.54 Å². The van der Waals surface area contributed by atoms with Gasteiger partial charge >= 0.3 is 0 Å². The van der Waals surface area contributed by atoms with Gasteiger partial charge in [0, 0.05) is 12.4 Å². The number of carbonyl (C=O) groups excluding carboxylic acids is 2. The molecule has 0 fully saturated rings. The van der Waals surface area contributed by atoms with Crippen LogP contribution in [0.4, 0.5) is 14.5 Å². The number of nitrogens with zero attached hydrogens (tertiary/aromatic N) is 3. The van der Waals surface area contributed by atoms with Gasteiger partial charge in [-0.15, -0.1) is 0 Å². The molecule has 20 heavy (non-hydrogen) atoms. The topological polar surface area (TPSA) is 103 Å². The summed E-state index contributed by atoms with van der Waals surface area (Å²) in [7, 11) is 0. The van der Waals surface area contributed by atoms with E-state index in [2.05, 4.69) is 15.4 Å². The molecule has 2 aromatic heterocycles. The Hall–Kier alpha value is -2.84. The zero-order valence-corrected chi connectivity index (χ0v) is 10.0. The normalized spacial score (nSPS) is 10.3. The molecule has 2 amide bonds. The molecular weight excluding hydrogens is 272 g/mol. The zero-order chi connectivity index (χ0) is 14.7. The van der Waals surface area contributed by atoms with Crippen LogP contribution in [0.15, 0.2) is 24.7 Å². The van der Waals surface area contributed by atoms with Crippen molar-refractivity contribution in [1.29, 1.82) is 0 Å². The molecule has 0 aliphatic carbocycles. The third kappa shape index (κ3) is 2.94. The fraction of sp³-hybridized carbons (Fsp3) is 0.0909. The first-order valence-corrected chi connectivity index (χ1v) is 5.39. The van der Waals surface area contributed by atoms with Gasteiger partial charge in [0.25, 0.3) is 5.91 Å². The summed E-state index contributed by atoms with van der Waals surface area (Å²) in [6.07, 6.45) is 3.55. The van der Waals surface area contributed by atoms with E-state index < -0.39 is 29.1 Å². The van der Waals surface area contributed by atoms with Gasteiger partial charge in [-0.25, -0.2) is 9.37 Å². The predicted octanol–water partition coefficient (Wildman–Crippen LogP) is 0.294. The second kappa shape index (κ2) is 5.43. The molecule has 0 saturated heterocycles. The quantitative estimate of drug-likeness (QED) is 0.786. The molecule has 2 aromatic rings. The van der Waals surface area contributed by atoms with Gasteiger partial charge in [0.1, 0.15) is 6.54 Å². The van der Waals surface area contributed by atoms with Crippen molar-refractivity contribution < 1.29 is 18.4 Å². The molecule has 0 unspecified atom stereocenters. The van der Waals surface area contributed by atoms with Crippen molar-refractivity contribution in [2.75, 3.05) is 5.32 Å². The first-order valence-electron chi connectivity index (χ1n) is 5.39. The summed E-state index contributed by atoms with van der Waals surface area (Å²) < 4.78 is 27.4. The molecule has 0 spiro atoms. The highest BCUT2D eigenvalue weighted by atomic mass is 19.2. The van der Waals surface area contributed by atoms with Crippen molar-refractivity contribution >= 4 is 17.5 Å². The molecule has 3 N–H and O–H groups in total. The number of pyridine rings is 1. The van der Waals surface area contributed by atoms with E-state index in [1.807, 2.05) is 0 Å². The maximum atomic E-state index is 13.4. The minimum atomic E-state index is -1.36. The largest absolute Gasteiger partial charge is 0.368 e. The molecule has 2 rings (SSSR count). The van der Waals surface area contributed by atoms with Crippen molar-refractivity contribution in [2.24, 2.45) is 5.73 Å². The van der Waals surface area contributed by atoms with Crippen LogP contribution in [0.1, 0.15) is 10.4 Å². The van der Waals surface area contributed by atoms with Gasteiger partial charge in [0.15, 0.2) is 5.82 Å². The Morgan fingerprint density at radius 2 is 2.15 bits per heavy atom. The number of aromatic nitrogens is 3. The smallest absolute Gasteiger partial charge is 0.258 e. The number of primary amides is 1. The summed E-state index contributed by atoms with van der Waals surface area (Å²) in [4.78, 5) is 25.5. The van der Waals surface area contributed by atoms with Crippen molar-refractivity contribution in [3.8, 4) is 0 Å². The molecule has 7 nitrogen and oxygen atoms in total. The fourth-order valence-electron chi connectivity index (χ4n) is 1.47. The summed E-state index contributed by atoms with van der Waals surface area (Å²) in [5.74, 6) is -4.16. The maximum Gasteiger partial charge on any atom is 0.258 e. The number of carbonyl (C=O) groups is 2. The number of halogens is 2. The lowest BCUT2D eigenvalue weighted by molar-refractivity contribution is -0.118. The molecule has 2 heterocycles. The third-order valence-electron chi connectivity index (χ3n) is 2.30. The Labute approximate surface area is 111 Å². The van der Waals surface area contributed by atoms with Crippen LogP contribution in [0.5, 0.6) is 0 Å². The molecule has 0 radical (unpaired) electrons. The van der Waals surface area contributed by atoms with Crippen molar-refractivity contribution in [3.05, 3.63) is 42.0 Å². The number of nitrogens with one attached hydrogen (secondary N) is 1. The van der Waals surface area contributed by atoms with E-state index in [0.29, 0.717) is 0 Å². The average molecular weight is 281 g/mol. The van der Waals surface area contributed by atoms with E-state index in [9.17, 15) is 18.4 Å². The molecular formula is C11H9F2N5O2. The first-order chi connectivity index (χ1) is 9.47.